The van der Waals surface area contributed by atoms with E-state index in [2.05, 4.69) is 18.5 Å². The van der Waals surface area contributed by atoms with Crippen LogP contribution >= 0.6 is 11.3 Å². The Bertz CT molecular complexity index is 1490. The number of hydrogen-bond acceptors (Lipinski definition) is 9. The van der Waals surface area contributed by atoms with E-state index in [4.69, 9.17) is 14.2 Å². The zero-order valence-corrected chi connectivity index (χ0v) is 24.7. The number of aliphatic hydroxyl groups is 1. The molecular weight excluding hydrogens is 556 g/mol. The van der Waals surface area contributed by atoms with Crippen LogP contribution in [0.2, 0.25) is 0 Å². The average molecular weight is 591 g/mol. The summed E-state index contributed by atoms with van der Waals surface area (Å²) < 4.78 is 16.7. The molecule has 42 heavy (non-hydrogen) atoms. The average Bonchev–Trinajstić information content (AvgIpc) is 3.51. The van der Waals surface area contributed by atoms with Crippen molar-refractivity contribution in [2.75, 3.05) is 24.7 Å². The first kappa shape index (κ1) is 30.5. The summed E-state index contributed by atoms with van der Waals surface area (Å²) in [7, 11) is 0. The highest BCUT2D eigenvalue weighted by molar-refractivity contribution is 7.17. The van der Waals surface area contributed by atoms with Crippen molar-refractivity contribution < 1.29 is 33.7 Å². The molecule has 0 radical (unpaired) electrons. The molecule has 220 valence electrons. The molecule has 0 aliphatic carbocycles. The van der Waals surface area contributed by atoms with Crippen molar-refractivity contribution in [1.29, 1.82) is 0 Å². The number of nitrogens with zero attached hydrogens (tertiary/aromatic N) is 2. The van der Waals surface area contributed by atoms with Gasteiger partial charge in [-0.3, -0.25) is 14.5 Å². The molecule has 3 aromatic rings. The van der Waals surface area contributed by atoms with Gasteiger partial charge in [0, 0.05) is 5.56 Å². The van der Waals surface area contributed by atoms with Gasteiger partial charge in [0.05, 0.1) is 30.5 Å². The third-order valence-electron chi connectivity index (χ3n) is 6.50. The number of ketones is 1. The number of Topliss-reactive ketones (excluding diaryl/α,β-unsaturated/α-hetero) is 1. The fourth-order valence-electron chi connectivity index (χ4n) is 4.41. The third kappa shape index (κ3) is 6.54. The van der Waals surface area contributed by atoms with Gasteiger partial charge in [0.15, 0.2) is 5.13 Å². The second kappa shape index (κ2) is 14.0. The predicted molar refractivity (Wildman–Crippen MR) is 161 cm³/mol. The molecule has 1 fully saturated rings. The lowest BCUT2D eigenvalue weighted by Crippen LogP contribution is -2.29. The lowest BCUT2D eigenvalue weighted by molar-refractivity contribution is -0.132. The largest absolute Gasteiger partial charge is 0.507 e. The number of anilines is 1. The van der Waals surface area contributed by atoms with E-state index in [0.717, 1.165) is 30.6 Å². The van der Waals surface area contributed by atoms with Crippen molar-refractivity contribution in [2.24, 2.45) is 0 Å². The van der Waals surface area contributed by atoms with E-state index in [1.165, 1.54) is 11.0 Å². The second-order valence-corrected chi connectivity index (χ2v) is 10.6. The van der Waals surface area contributed by atoms with Gasteiger partial charge in [0.1, 0.15) is 28.7 Å². The highest BCUT2D eigenvalue weighted by Crippen LogP contribution is 2.44. The number of unbranched alkanes of at least 4 members (excludes halogenated alkanes) is 1. The minimum absolute atomic E-state index is 0.0176. The number of carbonyl (C=O) groups is 3. The summed E-state index contributed by atoms with van der Waals surface area (Å²) in [6, 6.07) is 12.7. The third-order valence-corrected chi connectivity index (χ3v) is 7.63. The minimum Gasteiger partial charge on any atom is -0.507 e. The van der Waals surface area contributed by atoms with E-state index in [0.29, 0.717) is 41.5 Å². The second-order valence-electron chi connectivity index (χ2n) is 9.61. The summed E-state index contributed by atoms with van der Waals surface area (Å²) in [5.74, 6) is -1.53. The van der Waals surface area contributed by atoms with Gasteiger partial charge in [-0.25, -0.2) is 9.78 Å². The van der Waals surface area contributed by atoms with Crippen molar-refractivity contribution in [1.82, 2.24) is 4.98 Å². The molecule has 0 spiro atoms. The zero-order valence-electron chi connectivity index (χ0n) is 23.9. The molecule has 1 unspecified atom stereocenters. The van der Waals surface area contributed by atoms with Gasteiger partial charge in [-0.05, 0) is 49.6 Å². The summed E-state index contributed by atoms with van der Waals surface area (Å²) in [5, 5.41) is 11.6. The van der Waals surface area contributed by atoms with Gasteiger partial charge in [0.2, 0.25) is 0 Å². The van der Waals surface area contributed by atoms with E-state index < -0.39 is 23.7 Å². The SMILES string of the molecule is C=CCOC(=O)c1sc(N2C(=O)C(=O)C(=C(O)c3cccc(OCCC)c3)C2c2ccc(OCCCC)cc2)nc1C. The summed E-state index contributed by atoms with van der Waals surface area (Å²) in [6.45, 7) is 10.3. The molecule has 0 bridgehead atoms. The number of aromatic nitrogens is 1. The van der Waals surface area contributed by atoms with Crippen molar-refractivity contribution in [3.05, 3.63) is 88.5 Å². The van der Waals surface area contributed by atoms with Crippen LogP contribution in [0.5, 0.6) is 11.5 Å². The van der Waals surface area contributed by atoms with Gasteiger partial charge >= 0.3 is 11.9 Å². The summed E-state index contributed by atoms with van der Waals surface area (Å²) >= 11 is 0.941. The van der Waals surface area contributed by atoms with Gasteiger partial charge in [-0.2, -0.15) is 0 Å². The van der Waals surface area contributed by atoms with Crippen molar-refractivity contribution in [3.63, 3.8) is 0 Å². The first-order valence-electron chi connectivity index (χ1n) is 13.8. The van der Waals surface area contributed by atoms with Gasteiger partial charge in [0.25, 0.3) is 5.78 Å². The number of aryl methyl sites for hydroxylation is 1. The Labute approximate surface area is 249 Å². The summed E-state index contributed by atoms with van der Waals surface area (Å²) in [4.78, 5) is 45.6. The number of thiazole rings is 1. The molecule has 4 rings (SSSR count). The van der Waals surface area contributed by atoms with Crippen LogP contribution in [0, 0.1) is 6.92 Å². The number of benzene rings is 2. The molecule has 1 aromatic heterocycles. The topological polar surface area (TPSA) is 115 Å². The minimum atomic E-state index is -1.02. The molecule has 1 aliphatic rings. The van der Waals surface area contributed by atoms with Crippen LogP contribution < -0.4 is 14.4 Å². The smallest absolute Gasteiger partial charge is 0.350 e. The Morgan fingerprint density at radius 1 is 1.07 bits per heavy atom. The molecule has 1 N–H and O–H groups in total. The van der Waals surface area contributed by atoms with Crippen LogP contribution in [0.4, 0.5) is 5.13 Å². The lowest BCUT2D eigenvalue weighted by Gasteiger charge is -2.23. The number of rotatable bonds is 13. The first-order chi connectivity index (χ1) is 20.3. The van der Waals surface area contributed by atoms with Crippen LogP contribution in [0.25, 0.3) is 5.76 Å². The lowest BCUT2D eigenvalue weighted by atomic mass is 9.95. The Hall–Kier alpha value is -4.44. The van der Waals surface area contributed by atoms with Gasteiger partial charge in [-0.15, -0.1) is 0 Å². The number of aliphatic hydroxyl groups excluding tert-OH is 1. The van der Waals surface area contributed by atoms with Gasteiger partial charge in [-0.1, -0.05) is 68.5 Å². The van der Waals surface area contributed by atoms with E-state index in [-0.39, 0.29) is 27.9 Å². The van der Waals surface area contributed by atoms with Crippen molar-refractivity contribution in [3.8, 4) is 11.5 Å². The molecule has 9 nitrogen and oxygen atoms in total. The molecule has 0 saturated carbocycles. The molecule has 2 heterocycles. The zero-order chi connectivity index (χ0) is 30.2. The number of hydrogen-bond donors (Lipinski definition) is 1. The maximum absolute atomic E-state index is 13.6. The molecule has 10 heteroatoms. The number of carbonyl (C=O) groups excluding carboxylic acids is 3. The maximum atomic E-state index is 13.6. The quantitative estimate of drug-likeness (QED) is 0.0608. The molecule has 1 aliphatic heterocycles. The molecule has 1 amide bonds. The Morgan fingerprint density at radius 3 is 2.50 bits per heavy atom. The molecule has 2 aromatic carbocycles. The first-order valence-corrected chi connectivity index (χ1v) is 14.6. The normalized spacial score (nSPS) is 16.0. The van der Waals surface area contributed by atoms with Crippen molar-refractivity contribution in [2.45, 2.75) is 46.1 Å². The maximum Gasteiger partial charge on any atom is 0.350 e. The van der Waals surface area contributed by atoms with E-state index >= 15 is 0 Å². The van der Waals surface area contributed by atoms with Gasteiger partial charge < -0.3 is 19.3 Å². The Balaban J connectivity index is 1.82. The van der Waals surface area contributed by atoms with Crippen LogP contribution in [0.1, 0.15) is 65.6 Å². The van der Waals surface area contributed by atoms with E-state index in [9.17, 15) is 19.5 Å². The fourth-order valence-corrected chi connectivity index (χ4v) is 5.40. The summed E-state index contributed by atoms with van der Waals surface area (Å²) in [6.07, 6.45) is 4.15. The number of esters is 1. The van der Waals surface area contributed by atoms with Crippen LogP contribution in [0.3, 0.4) is 0 Å². The Kier molecular flexibility index (Phi) is 10.1. The predicted octanol–water partition coefficient (Wildman–Crippen LogP) is 6.39. The fraction of sp³-hybridized carbons (Fsp3) is 0.312. The Morgan fingerprint density at radius 2 is 1.81 bits per heavy atom. The van der Waals surface area contributed by atoms with Crippen molar-refractivity contribution >= 4 is 39.9 Å². The number of ether oxygens (including phenoxy) is 3. The molecule has 1 atom stereocenters. The van der Waals surface area contributed by atoms with Crippen LogP contribution in [-0.2, 0) is 14.3 Å². The number of amides is 1. The van der Waals surface area contributed by atoms with Crippen LogP contribution in [-0.4, -0.2) is 47.6 Å². The molecular formula is C32H34N2O7S. The van der Waals surface area contributed by atoms with E-state index in [1.54, 1.807) is 55.5 Å². The van der Waals surface area contributed by atoms with E-state index in [1.807, 2.05) is 6.92 Å². The highest BCUT2D eigenvalue weighted by atomic mass is 32.1. The highest BCUT2D eigenvalue weighted by Gasteiger charge is 2.48. The standard InChI is InChI=1S/C32H34N2O7S/c1-5-8-18-40-23-14-12-21(13-15-23)26-25(27(35)22-10-9-11-24(19-22)39-16-6-2)28(36)30(37)34(26)32-33-20(4)29(42-32)31(38)41-17-7-3/h7,9-15,19,26,35H,3,5-6,8,16-18H2,1-2,4H3. The summed E-state index contributed by atoms with van der Waals surface area (Å²) in [5.41, 5.74) is 1.14. The molecule has 1 saturated heterocycles. The monoisotopic (exact) mass is 590 g/mol. The van der Waals surface area contributed by atoms with Crippen LogP contribution in [0.15, 0.2) is 66.8 Å².